The molecule has 0 radical (unpaired) electrons. The molecule has 0 spiro atoms. The van der Waals surface area contributed by atoms with Crippen molar-refractivity contribution >= 4 is 23.5 Å². The SMILES string of the molecule is O=C1CC(=O)C2C=C(C(C3=CC4C(=O)OC(=O)C4C=C3)(C(F)(F)F)C(F)(F)F)C=CC12. The molecule has 0 aromatic rings. The Hall–Kier alpha value is -2.98. The van der Waals surface area contributed by atoms with Crippen molar-refractivity contribution in [3.63, 3.8) is 0 Å². The zero-order chi connectivity index (χ0) is 22.9. The summed E-state index contributed by atoms with van der Waals surface area (Å²) in [4.78, 5) is 47.2. The highest BCUT2D eigenvalue weighted by Gasteiger charge is 2.74. The molecular weight excluding hydrogens is 434 g/mol. The molecule has 0 aromatic carbocycles. The van der Waals surface area contributed by atoms with Crippen molar-refractivity contribution in [2.24, 2.45) is 29.1 Å². The van der Waals surface area contributed by atoms with Gasteiger partial charge in [-0.1, -0.05) is 36.5 Å². The lowest BCUT2D eigenvalue weighted by atomic mass is 9.66. The van der Waals surface area contributed by atoms with Crippen molar-refractivity contribution in [3.8, 4) is 0 Å². The van der Waals surface area contributed by atoms with E-state index >= 15 is 0 Å². The highest BCUT2D eigenvalue weighted by atomic mass is 19.4. The Kier molecular flexibility index (Phi) is 4.46. The molecule has 1 saturated carbocycles. The third kappa shape index (κ3) is 2.85. The highest BCUT2D eigenvalue weighted by molar-refractivity contribution is 6.10. The van der Waals surface area contributed by atoms with Crippen molar-refractivity contribution < 1.29 is 50.3 Å². The molecule has 4 atom stereocenters. The quantitative estimate of drug-likeness (QED) is 0.370. The van der Waals surface area contributed by atoms with Crippen LogP contribution in [0, 0.1) is 29.1 Å². The molecule has 5 nitrogen and oxygen atoms in total. The Morgan fingerprint density at radius 3 is 1.68 bits per heavy atom. The maximum absolute atomic E-state index is 14.3. The molecule has 1 aliphatic heterocycles. The van der Waals surface area contributed by atoms with Gasteiger partial charge in [0.05, 0.1) is 18.3 Å². The lowest BCUT2D eigenvalue weighted by Gasteiger charge is -2.41. The van der Waals surface area contributed by atoms with Gasteiger partial charge in [-0.05, 0) is 11.1 Å². The number of fused-ring (bicyclic) bond motifs is 2. The second-order valence-electron chi connectivity index (χ2n) is 7.66. The Morgan fingerprint density at radius 1 is 0.677 bits per heavy atom. The van der Waals surface area contributed by atoms with E-state index in [1.54, 1.807) is 0 Å². The summed E-state index contributed by atoms with van der Waals surface area (Å²) in [5, 5.41) is 0. The van der Waals surface area contributed by atoms with Crippen LogP contribution in [0.4, 0.5) is 26.3 Å². The van der Waals surface area contributed by atoms with Crippen LogP contribution in [0.5, 0.6) is 0 Å². The van der Waals surface area contributed by atoms with Crippen LogP contribution in [0.1, 0.15) is 6.42 Å². The molecule has 164 valence electrons. The summed E-state index contributed by atoms with van der Waals surface area (Å²) in [6.45, 7) is 0. The predicted molar refractivity (Wildman–Crippen MR) is 88.7 cm³/mol. The summed E-state index contributed by atoms with van der Waals surface area (Å²) in [5.41, 5.74) is -7.17. The van der Waals surface area contributed by atoms with Crippen LogP contribution in [0.15, 0.2) is 47.6 Å². The average Bonchev–Trinajstić information content (AvgIpc) is 3.09. The number of carbonyl (C=O) groups excluding carboxylic acids is 4. The molecule has 4 aliphatic rings. The standard InChI is InChI=1S/C20H12F6O5/c21-19(22,23)18(20(24,25)26,8-1-3-10-12(5-8)15(28)7-14(10)27)9-2-4-11-13(6-9)17(30)31-16(11)29/h1-6,10-13H,7H2. The molecule has 0 bridgehead atoms. The number of ketones is 2. The van der Waals surface area contributed by atoms with Crippen molar-refractivity contribution in [2.45, 2.75) is 18.8 Å². The van der Waals surface area contributed by atoms with Crippen LogP contribution in [-0.4, -0.2) is 35.9 Å². The minimum atomic E-state index is -5.94. The molecule has 0 amide bonds. The minimum absolute atomic E-state index is 0.446. The van der Waals surface area contributed by atoms with Crippen molar-refractivity contribution in [3.05, 3.63) is 47.6 Å². The Balaban J connectivity index is 1.93. The summed E-state index contributed by atoms with van der Waals surface area (Å²) in [5.74, 6) is -9.17. The van der Waals surface area contributed by atoms with Crippen LogP contribution in [0.2, 0.25) is 0 Å². The summed E-state index contributed by atoms with van der Waals surface area (Å²) in [6.07, 6.45) is -8.75. The Morgan fingerprint density at radius 2 is 1.13 bits per heavy atom. The highest BCUT2D eigenvalue weighted by Crippen LogP contribution is 2.62. The largest absolute Gasteiger partial charge is 0.411 e. The number of allylic oxidation sites excluding steroid dienone is 6. The van der Waals surface area contributed by atoms with E-state index in [-0.39, 0.29) is 0 Å². The van der Waals surface area contributed by atoms with Gasteiger partial charge in [0, 0.05) is 11.8 Å². The molecule has 1 heterocycles. The van der Waals surface area contributed by atoms with E-state index < -0.39 is 82.5 Å². The molecular formula is C20H12F6O5. The molecule has 4 unspecified atom stereocenters. The van der Waals surface area contributed by atoms with E-state index in [1.165, 1.54) is 0 Å². The number of Topliss-reactive ketones (excluding diaryl/α,β-unsaturated/α-hetero) is 2. The number of hydrogen-bond donors (Lipinski definition) is 0. The zero-order valence-corrected chi connectivity index (χ0v) is 15.3. The number of carbonyl (C=O) groups is 4. The first-order valence-corrected chi connectivity index (χ1v) is 9.04. The molecule has 0 N–H and O–H groups in total. The molecule has 4 rings (SSSR count). The summed E-state index contributed by atoms with van der Waals surface area (Å²) < 4.78 is 89.9. The van der Waals surface area contributed by atoms with E-state index in [1.807, 2.05) is 0 Å². The monoisotopic (exact) mass is 446 g/mol. The fraction of sp³-hybridized carbons (Fsp3) is 0.400. The van der Waals surface area contributed by atoms with Gasteiger partial charge in [0.15, 0.2) is 0 Å². The summed E-state index contributed by atoms with van der Waals surface area (Å²) >= 11 is 0. The number of halogens is 6. The molecule has 1 saturated heterocycles. The van der Waals surface area contributed by atoms with Gasteiger partial charge in [0.1, 0.15) is 11.6 Å². The fourth-order valence-electron chi connectivity index (χ4n) is 4.52. The maximum atomic E-state index is 14.3. The van der Waals surface area contributed by atoms with E-state index in [0.717, 1.165) is 12.2 Å². The van der Waals surface area contributed by atoms with Gasteiger partial charge in [-0.25, -0.2) is 0 Å². The smallest absolute Gasteiger partial charge is 0.392 e. The number of cyclic esters (lactones) is 2. The lowest BCUT2D eigenvalue weighted by molar-refractivity contribution is -0.309. The van der Waals surface area contributed by atoms with Crippen molar-refractivity contribution in [2.75, 3.05) is 0 Å². The zero-order valence-electron chi connectivity index (χ0n) is 15.3. The van der Waals surface area contributed by atoms with E-state index in [4.69, 9.17) is 0 Å². The third-order valence-electron chi connectivity index (χ3n) is 6.01. The van der Waals surface area contributed by atoms with Gasteiger partial charge in [0.25, 0.3) is 0 Å². The van der Waals surface area contributed by atoms with Gasteiger partial charge in [-0.15, -0.1) is 0 Å². The fourth-order valence-corrected chi connectivity index (χ4v) is 4.52. The van der Waals surface area contributed by atoms with Gasteiger partial charge in [-0.2, -0.15) is 26.3 Å². The predicted octanol–water partition coefficient (Wildman–Crippen LogP) is 3.18. The van der Waals surface area contributed by atoms with E-state index in [0.29, 0.717) is 24.3 Å². The first-order chi connectivity index (χ1) is 14.3. The number of alkyl halides is 6. The van der Waals surface area contributed by atoms with Gasteiger partial charge < -0.3 is 4.74 Å². The van der Waals surface area contributed by atoms with Crippen molar-refractivity contribution in [1.82, 2.24) is 0 Å². The Labute approximate surface area is 170 Å². The molecule has 31 heavy (non-hydrogen) atoms. The van der Waals surface area contributed by atoms with Crippen molar-refractivity contribution in [1.29, 1.82) is 0 Å². The Bertz CT molecular complexity index is 944. The topological polar surface area (TPSA) is 77.5 Å². The lowest BCUT2D eigenvalue weighted by Crippen LogP contribution is -2.53. The second kappa shape index (κ2) is 6.51. The third-order valence-corrected chi connectivity index (χ3v) is 6.01. The second-order valence-corrected chi connectivity index (χ2v) is 7.66. The van der Waals surface area contributed by atoms with E-state index in [2.05, 4.69) is 4.74 Å². The summed E-state index contributed by atoms with van der Waals surface area (Å²) in [6, 6.07) is 0. The van der Waals surface area contributed by atoms with Gasteiger partial charge >= 0.3 is 24.3 Å². The molecule has 2 fully saturated rings. The van der Waals surface area contributed by atoms with E-state index in [9.17, 15) is 45.5 Å². The van der Waals surface area contributed by atoms with Gasteiger partial charge in [-0.3, -0.25) is 19.2 Å². The molecule has 3 aliphatic carbocycles. The minimum Gasteiger partial charge on any atom is -0.392 e. The van der Waals surface area contributed by atoms with Crippen LogP contribution in [0.25, 0.3) is 0 Å². The number of ether oxygens (including phenoxy) is 1. The first kappa shape index (κ1) is 21.3. The van der Waals surface area contributed by atoms with Crippen LogP contribution in [-0.2, 0) is 23.9 Å². The normalized spacial score (nSPS) is 30.8. The summed E-state index contributed by atoms with van der Waals surface area (Å²) in [7, 11) is 0. The maximum Gasteiger partial charge on any atom is 0.411 e. The number of rotatable bonds is 2. The van der Waals surface area contributed by atoms with Crippen LogP contribution in [0.3, 0.4) is 0 Å². The average molecular weight is 446 g/mol. The van der Waals surface area contributed by atoms with Gasteiger partial charge in [0.2, 0.25) is 5.41 Å². The molecule has 0 aromatic heterocycles. The molecule has 11 heteroatoms. The van der Waals surface area contributed by atoms with Crippen LogP contribution < -0.4 is 0 Å². The first-order valence-electron chi connectivity index (χ1n) is 9.04. The number of esters is 2. The van der Waals surface area contributed by atoms with Crippen LogP contribution >= 0.6 is 0 Å². The number of hydrogen-bond acceptors (Lipinski definition) is 5.